The van der Waals surface area contributed by atoms with Gasteiger partial charge in [0.15, 0.2) is 0 Å². The number of unbranched alkanes of at least 4 members (excludes halogenated alkanes) is 13. The Hall–Kier alpha value is -1.99. The molecule has 0 aromatic heterocycles. The average Bonchev–Trinajstić information content (AvgIpc) is 2.91. The van der Waals surface area contributed by atoms with E-state index in [1.807, 2.05) is 12.1 Å². The van der Waals surface area contributed by atoms with Crippen molar-refractivity contribution in [1.82, 2.24) is 0 Å². The largest absolute Gasteiger partial charge is 0.251 e. The van der Waals surface area contributed by atoms with E-state index in [0.717, 1.165) is 42.1 Å². The van der Waals surface area contributed by atoms with Crippen molar-refractivity contribution in [3.05, 3.63) is 72.8 Å². The van der Waals surface area contributed by atoms with Crippen LogP contribution in [0.2, 0.25) is 0 Å². The minimum absolute atomic E-state index is 0. The van der Waals surface area contributed by atoms with Crippen molar-refractivity contribution in [1.29, 1.82) is 0 Å². The van der Waals surface area contributed by atoms with Crippen LogP contribution in [0.3, 0.4) is 0 Å². The fourth-order valence-electron chi connectivity index (χ4n) is 4.40. The molecule has 0 atom stereocenters. The number of hydrogen-bond donors (Lipinski definition) is 0. The van der Waals surface area contributed by atoms with E-state index in [1.54, 1.807) is 0 Å². The van der Waals surface area contributed by atoms with Crippen molar-refractivity contribution in [2.75, 3.05) is 0 Å². The molecule has 2 aromatic rings. The third kappa shape index (κ3) is 16.5. The molecule has 2 nitrogen and oxygen atoms in total. The van der Waals surface area contributed by atoms with Crippen LogP contribution in [-0.2, 0) is 16.5 Å². The van der Waals surface area contributed by atoms with Crippen molar-refractivity contribution in [3.8, 4) is 0 Å². The summed E-state index contributed by atoms with van der Waals surface area (Å²) in [5.74, 6) is 0. The van der Waals surface area contributed by atoms with Gasteiger partial charge >= 0.3 is 0 Å². The number of allylic oxidation sites excluding steroid dienone is 2. The van der Waals surface area contributed by atoms with E-state index >= 15 is 0 Å². The second kappa shape index (κ2) is 23.2. The molecule has 0 unspecified atom stereocenters. The maximum absolute atomic E-state index is 5.06. The van der Waals surface area contributed by atoms with Crippen LogP contribution in [0, 0.1) is 0 Å². The van der Waals surface area contributed by atoms with Gasteiger partial charge in [-0.2, -0.15) is 0 Å². The van der Waals surface area contributed by atoms with E-state index in [1.165, 1.54) is 83.5 Å². The predicted octanol–water partition coefficient (Wildman–Crippen LogP) is 11.4. The number of benzene rings is 2. The van der Waals surface area contributed by atoms with Crippen LogP contribution in [0.15, 0.2) is 82.8 Å². The zero-order valence-corrected chi connectivity index (χ0v) is 24.4. The fraction of sp³-hybridized carbons (Fsp3) is 0.529. The molecule has 37 heavy (non-hydrogen) atoms. The minimum Gasteiger partial charge on any atom is -0.251 e. The quantitative estimate of drug-likeness (QED) is 0.0898. The van der Waals surface area contributed by atoms with Gasteiger partial charge in [0.25, 0.3) is 0 Å². The number of aliphatic imine (C=N–C) groups is 2. The van der Waals surface area contributed by atoms with Gasteiger partial charge in [-0.3, -0.25) is 4.99 Å². The van der Waals surface area contributed by atoms with Gasteiger partial charge in [0.2, 0.25) is 0 Å². The number of nitrogens with zero attached hydrogens (tertiary/aromatic N) is 2. The first kappa shape index (κ1) is 33.0. The predicted molar refractivity (Wildman–Crippen MR) is 161 cm³/mol. The van der Waals surface area contributed by atoms with Crippen LogP contribution in [-0.4, -0.2) is 11.4 Å². The second-order valence-corrected chi connectivity index (χ2v) is 9.91. The van der Waals surface area contributed by atoms with Crippen LogP contribution in [0.5, 0.6) is 0 Å². The molecular weight excluding hydrogens is 495 g/mol. The summed E-state index contributed by atoms with van der Waals surface area (Å²) in [6, 6.07) is 20.6. The van der Waals surface area contributed by atoms with Crippen molar-refractivity contribution < 1.29 is 16.5 Å². The van der Waals surface area contributed by atoms with Gasteiger partial charge in [0.05, 0.1) is 22.8 Å². The summed E-state index contributed by atoms with van der Waals surface area (Å²) >= 11 is 0. The third-order valence-electron chi connectivity index (χ3n) is 6.59. The van der Waals surface area contributed by atoms with Gasteiger partial charge in [0.1, 0.15) is 0 Å². The molecular formula is C34H50N2Ni. The summed E-state index contributed by atoms with van der Waals surface area (Å²) in [4.78, 5) is 10.1. The van der Waals surface area contributed by atoms with Crippen molar-refractivity contribution >= 4 is 22.8 Å². The Morgan fingerprint density at radius 2 is 1.03 bits per heavy atom. The van der Waals surface area contributed by atoms with Gasteiger partial charge in [-0.25, -0.2) is 4.99 Å². The maximum atomic E-state index is 5.06. The zero-order valence-electron chi connectivity index (χ0n) is 23.5. The molecule has 0 heterocycles. The molecule has 2 rings (SSSR count). The van der Waals surface area contributed by atoms with Gasteiger partial charge in [0, 0.05) is 16.5 Å². The zero-order chi connectivity index (χ0) is 25.5. The summed E-state index contributed by atoms with van der Waals surface area (Å²) in [6.07, 6.45) is 25.3. The summed E-state index contributed by atoms with van der Waals surface area (Å²) in [7, 11) is 0. The van der Waals surface area contributed by atoms with Gasteiger partial charge < -0.3 is 0 Å². The molecule has 0 bridgehead atoms. The van der Waals surface area contributed by atoms with Crippen LogP contribution >= 0.6 is 0 Å². The Balaban J connectivity index is 0.00000684. The van der Waals surface area contributed by atoms with E-state index in [9.17, 15) is 0 Å². The standard InChI is InChI=1S/C34H50N2.Ni/c1-3-5-7-9-10-11-12-13-14-15-16-24-30-34(36-32-27-21-18-22-28-32)33(29-23-8-6-4-2)35-31-25-19-17-20-26-31;/h17-22,24-28,30H,3-16,23,29H2,1-2H3;. The Morgan fingerprint density at radius 3 is 1.57 bits per heavy atom. The Kier molecular flexibility index (Phi) is 20.7. The van der Waals surface area contributed by atoms with Gasteiger partial charge in [-0.1, -0.05) is 133 Å². The summed E-state index contributed by atoms with van der Waals surface area (Å²) in [5, 5.41) is 0. The van der Waals surface area contributed by atoms with E-state index in [-0.39, 0.29) is 16.5 Å². The molecule has 206 valence electrons. The van der Waals surface area contributed by atoms with E-state index in [0.29, 0.717) is 0 Å². The normalized spacial score (nSPS) is 12.2. The molecule has 0 aliphatic rings. The second-order valence-electron chi connectivity index (χ2n) is 9.91. The molecule has 2 aromatic carbocycles. The number of hydrogen-bond acceptors (Lipinski definition) is 2. The van der Waals surface area contributed by atoms with E-state index in [2.05, 4.69) is 74.5 Å². The summed E-state index contributed by atoms with van der Waals surface area (Å²) in [6.45, 7) is 4.55. The minimum atomic E-state index is 0. The molecule has 0 saturated carbocycles. The van der Waals surface area contributed by atoms with Crippen LogP contribution in [0.1, 0.15) is 117 Å². The first-order valence-corrected chi connectivity index (χ1v) is 14.8. The monoisotopic (exact) mass is 544 g/mol. The van der Waals surface area contributed by atoms with Crippen LogP contribution in [0.4, 0.5) is 11.4 Å². The van der Waals surface area contributed by atoms with Gasteiger partial charge in [-0.15, -0.1) is 0 Å². The molecule has 0 aliphatic heterocycles. The molecule has 0 aliphatic carbocycles. The molecule has 0 saturated heterocycles. The third-order valence-corrected chi connectivity index (χ3v) is 6.59. The smallest absolute Gasteiger partial charge is 0.0848 e. The van der Waals surface area contributed by atoms with E-state index in [4.69, 9.17) is 9.98 Å². The van der Waals surface area contributed by atoms with E-state index < -0.39 is 0 Å². The van der Waals surface area contributed by atoms with Crippen molar-refractivity contribution in [3.63, 3.8) is 0 Å². The SMILES string of the molecule is CCCCCCCCCCCCC=CC(=Nc1ccccc1)C(CCCCCC)=Nc1ccccc1.[Ni]. The number of para-hydroxylation sites is 2. The average molecular weight is 545 g/mol. The molecule has 0 spiro atoms. The molecule has 0 N–H and O–H groups in total. The first-order valence-electron chi connectivity index (χ1n) is 14.8. The molecule has 0 amide bonds. The summed E-state index contributed by atoms with van der Waals surface area (Å²) < 4.78 is 0. The van der Waals surface area contributed by atoms with Crippen molar-refractivity contribution in [2.24, 2.45) is 9.98 Å². The molecule has 3 heteroatoms. The fourth-order valence-corrected chi connectivity index (χ4v) is 4.40. The summed E-state index contributed by atoms with van der Waals surface area (Å²) in [5.41, 5.74) is 4.10. The Morgan fingerprint density at radius 1 is 0.568 bits per heavy atom. The van der Waals surface area contributed by atoms with Crippen molar-refractivity contribution in [2.45, 2.75) is 117 Å². The number of rotatable bonds is 20. The molecule has 0 radical (unpaired) electrons. The maximum Gasteiger partial charge on any atom is 0.0848 e. The topological polar surface area (TPSA) is 24.7 Å². The Labute approximate surface area is 238 Å². The van der Waals surface area contributed by atoms with Crippen LogP contribution in [0.25, 0.3) is 0 Å². The van der Waals surface area contributed by atoms with Gasteiger partial charge in [-0.05, 0) is 56.0 Å². The first-order chi connectivity index (χ1) is 17.8. The van der Waals surface area contributed by atoms with Crippen LogP contribution < -0.4 is 0 Å². The Bertz CT molecular complexity index is 871. The molecule has 0 fully saturated rings.